The van der Waals surface area contributed by atoms with Gasteiger partial charge in [0.25, 0.3) is 0 Å². The first-order valence-electron chi connectivity index (χ1n) is 5.95. The van der Waals surface area contributed by atoms with Crippen molar-refractivity contribution in [3.8, 4) is 5.75 Å². The van der Waals surface area contributed by atoms with Crippen LogP contribution in [0.3, 0.4) is 0 Å². The number of hydrogen-bond donors (Lipinski definition) is 2. The summed E-state index contributed by atoms with van der Waals surface area (Å²) in [6, 6.07) is 15.3. The third kappa shape index (κ3) is 3.14. The fourth-order valence-corrected chi connectivity index (χ4v) is 1.77. The summed E-state index contributed by atoms with van der Waals surface area (Å²) in [7, 11) is 0. The fraction of sp³-hybridized carbons (Fsp3) is 0.125. The van der Waals surface area contributed by atoms with E-state index in [9.17, 15) is 5.11 Å². The molecule has 0 fully saturated rings. The van der Waals surface area contributed by atoms with Gasteiger partial charge in [-0.1, -0.05) is 35.9 Å². The average molecular weight is 239 g/mol. The molecule has 0 spiro atoms. The highest BCUT2D eigenvalue weighted by molar-refractivity contribution is 5.68. The predicted molar refractivity (Wildman–Crippen MR) is 77.2 cm³/mol. The van der Waals surface area contributed by atoms with E-state index in [0.29, 0.717) is 5.69 Å². The van der Waals surface area contributed by atoms with Crippen LogP contribution in [0.1, 0.15) is 19.4 Å². The lowest BCUT2D eigenvalue weighted by Crippen LogP contribution is -1.90. The quantitative estimate of drug-likeness (QED) is 0.769. The Labute approximate surface area is 108 Å². The molecule has 2 N–H and O–H groups in total. The lowest BCUT2D eigenvalue weighted by atomic mass is 10.1. The van der Waals surface area contributed by atoms with E-state index >= 15 is 0 Å². The summed E-state index contributed by atoms with van der Waals surface area (Å²) >= 11 is 0. The van der Waals surface area contributed by atoms with Gasteiger partial charge in [-0.25, -0.2) is 0 Å². The highest BCUT2D eigenvalue weighted by atomic mass is 16.3. The molecule has 2 rings (SSSR count). The second-order valence-corrected chi connectivity index (χ2v) is 4.49. The van der Waals surface area contributed by atoms with Gasteiger partial charge in [-0.3, -0.25) is 0 Å². The molecule has 0 aromatic heterocycles. The Balaban J connectivity index is 2.25. The molecule has 0 aliphatic heterocycles. The van der Waals surface area contributed by atoms with Crippen molar-refractivity contribution in [2.45, 2.75) is 13.8 Å². The summed E-state index contributed by atoms with van der Waals surface area (Å²) in [5, 5.41) is 12.9. The summed E-state index contributed by atoms with van der Waals surface area (Å²) in [5.74, 6) is 0.255. The van der Waals surface area contributed by atoms with Crippen LogP contribution in [0.25, 0.3) is 6.08 Å². The third-order valence-electron chi connectivity index (χ3n) is 2.53. The number of anilines is 2. The molecule has 0 radical (unpaired) electrons. The molecule has 0 aliphatic carbocycles. The summed E-state index contributed by atoms with van der Waals surface area (Å²) < 4.78 is 0. The minimum absolute atomic E-state index is 0.255. The zero-order valence-electron chi connectivity index (χ0n) is 10.6. The Morgan fingerprint density at radius 3 is 2.56 bits per heavy atom. The molecule has 0 bridgehead atoms. The first-order valence-corrected chi connectivity index (χ1v) is 5.95. The topological polar surface area (TPSA) is 32.3 Å². The number of rotatable bonds is 3. The van der Waals surface area contributed by atoms with Crippen molar-refractivity contribution in [3.05, 3.63) is 59.7 Å². The zero-order chi connectivity index (χ0) is 13.0. The molecule has 18 heavy (non-hydrogen) atoms. The molecule has 2 aromatic carbocycles. The normalized spacial score (nSPS) is 9.89. The number of allylic oxidation sites excluding steroid dienone is 1. The van der Waals surface area contributed by atoms with Crippen molar-refractivity contribution >= 4 is 17.5 Å². The van der Waals surface area contributed by atoms with E-state index in [-0.39, 0.29) is 5.75 Å². The van der Waals surface area contributed by atoms with Crippen LogP contribution < -0.4 is 5.32 Å². The van der Waals surface area contributed by atoms with Crippen LogP contribution in [0.4, 0.5) is 11.4 Å². The lowest BCUT2D eigenvalue weighted by Gasteiger charge is -2.08. The minimum Gasteiger partial charge on any atom is -0.506 e. The van der Waals surface area contributed by atoms with E-state index in [4.69, 9.17) is 0 Å². The number of para-hydroxylation sites is 2. The first kappa shape index (κ1) is 12.2. The van der Waals surface area contributed by atoms with Gasteiger partial charge in [-0.2, -0.15) is 0 Å². The molecule has 0 atom stereocenters. The maximum Gasteiger partial charge on any atom is 0.139 e. The van der Waals surface area contributed by atoms with E-state index in [2.05, 4.69) is 37.4 Å². The second-order valence-electron chi connectivity index (χ2n) is 4.49. The van der Waals surface area contributed by atoms with Crippen LogP contribution in [0.5, 0.6) is 5.75 Å². The van der Waals surface area contributed by atoms with Gasteiger partial charge < -0.3 is 10.4 Å². The molecule has 2 heteroatoms. The average Bonchev–Trinajstić information content (AvgIpc) is 2.32. The molecule has 0 unspecified atom stereocenters. The van der Waals surface area contributed by atoms with Gasteiger partial charge in [0.15, 0.2) is 0 Å². The van der Waals surface area contributed by atoms with Gasteiger partial charge in [0, 0.05) is 5.69 Å². The third-order valence-corrected chi connectivity index (χ3v) is 2.53. The molecule has 0 amide bonds. The Hall–Kier alpha value is -2.22. The van der Waals surface area contributed by atoms with Crippen molar-refractivity contribution in [2.24, 2.45) is 0 Å². The Kier molecular flexibility index (Phi) is 3.68. The Bertz CT molecular complexity index is 569. The number of nitrogens with one attached hydrogen (secondary N) is 1. The largest absolute Gasteiger partial charge is 0.506 e. The molecular weight excluding hydrogens is 222 g/mol. The molecule has 0 heterocycles. The van der Waals surface area contributed by atoms with Crippen LogP contribution in [0.15, 0.2) is 54.1 Å². The monoisotopic (exact) mass is 239 g/mol. The lowest BCUT2D eigenvalue weighted by molar-refractivity contribution is 0.478. The van der Waals surface area contributed by atoms with Gasteiger partial charge in [0.2, 0.25) is 0 Å². The molecule has 92 valence electrons. The van der Waals surface area contributed by atoms with E-state index in [1.54, 1.807) is 12.1 Å². The molecule has 2 aromatic rings. The number of benzene rings is 2. The molecule has 0 aliphatic rings. The smallest absolute Gasteiger partial charge is 0.139 e. The summed E-state index contributed by atoms with van der Waals surface area (Å²) in [6.07, 6.45) is 2.12. The van der Waals surface area contributed by atoms with E-state index in [1.165, 1.54) is 5.57 Å². The van der Waals surface area contributed by atoms with E-state index in [0.717, 1.165) is 11.3 Å². The molecule has 2 nitrogen and oxygen atoms in total. The molecular formula is C16H17NO. The van der Waals surface area contributed by atoms with Gasteiger partial charge in [0.05, 0.1) is 5.69 Å². The van der Waals surface area contributed by atoms with Crippen LogP contribution in [-0.2, 0) is 0 Å². The molecule has 0 saturated carbocycles. The van der Waals surface area contributed by atoms with Crippen LogP contribution in [-0.4, -0.2) is 5.11 Å². The summed E-state index contributed by atoms with van der Waals surface area (Å²) in [4.78, 5) is 0. The fourth-order valence-electron chi connectivity index (χ4n) is 1.77. The van der Waals surface area contributed by atoms with E-state index < -0.39 is 0 Å². The Morgan fingerprint density at radius 1 is 1.06 bits per heavy atom. The van der Waals surface area contributed by atoms with Crippen LogP contribution in [0, 0.1) is 0 Å². The van der Waals surface area contributed by atoms with Crippen molar-refractivity contribution in [3.63, 3.8) is 0 Å². The van der Waals surface area contributed by atoms with Crippen molar-refractivity contribution < 1.29 is 5.11 Å². The number of phenols is 1. The van der Waals surface area contributed by atoms with Crippen molar-refractivity contribution in [1.29, 1.82) is 0 Å². The predicted octanol–water partition coefficient (Wildman–Crippen LogP) is 4.56. The standard InChI is InChI=1S/C16H17NO/c1-12(2)10-13-6-5-7-14(11-13)17-15-8-3-4-9-16(15)18/h3-11,17-18H,1-2H3. The SMILES string of the molecule is CC(C)=Cc1cccc(Nc2ccccc2O)c1. The van der Waals surface area contributed by atoms with Gasteiger partial charge in [-0.05, 0) is 43.7 Å². The maximum absolute atomic E-state index is 9.71. The van der Waals surface area contributed by atoms with Crippen molar-refractivity contribution in [1.82, 2.24) is 0 Å². The van der Waals surface area contributed by atoms with Crippen LogP contribution in [0.2, 0.25) is 0 Å². The van der Waals surface area contributed by atoms with E-state index in [1.807, 2.05) is 24.3 Å². The van der Waals surface area contributed by atoms with Crippen LogP contribution >= 0.6 is 0 Å². The number of aromatic hydroxyl groups is 1. The minimum atomic E-state index is 0.255. The van der Waals surface area contributed by atoms with Gasteiger partial charge in [0.1, 0.15) is 5.75 Å². The number of phenolic OH excluding ortho intramolecular Hbond substituents is 1. The highest BCUT2D eigenvalue weighted by Gasteiger charge is 2.00. The summed E-state index contributed by atoms with van der Waals surface area (Å²) in [6.45, 7) is 4.15. The van der Waals surface area contributed by atoms with Crippen molar-refractivity contribution in [2.75, 3.05) is 5.32 Å². The second kappa shape index (κ2) is 5.41. The first-order chi connectivity index (χ1) is 8.65. The Morgan fingerprint density at radius 2 is 1.83 bits per heavy atom. The maximum atomic E-state index is 9.71. The summed E-state index contributed by atoms with van der Waals surface area (Å²) in [5.41, 5.74) is 4.09. The zero-order valence-corrected chi connectivity index (χ0v) is 10.6. The van der Waals surface area contributed by atoms with Gasteiger partial charge >= 0.3 is 0 Å². The number of hydrogen-bond acceptors (Lipinski definition) is 2. The molecule has 0 saturated heterocycles. The van der Waals surface area contributed by atoms with Gasteiger partial charge in [-0.15, -0.1) is 0 Å². The highest BCUT2D eigenvalue weighted by Crippen LogP contribution is 2.26.